The average molecular weight is 697 g/mol. The number of benzene rings is 3. The lowest BCUT2D eigenvalue weighted by molar-refractivity contribution is -0.132. The Morgan fingerprint density at radius 1 is 0.863 bits per heavy atom. The molecule has 5 rings (SSSR count). The number of aromatic nitrogens is 1. The fourth-order valence-corrected chi connectivity index (χ4v) is 6.03. The summed E-state index contributed by atoms with van der Waals surface area (Å²) >= 11 is 0. The zero-order valence-corrected chi connectivity index (χ0v) is 30.1. The normalized spacial score (nSPS) is 13.2. The summed E-state index contributed by atoms with van der Waals surface area (Å²) < 4.78 is 11.5. The number of aryl methyl sites for hydroxylation is 1. The molecular formula is C39H48N6O6. The predicted molar refractivity (Wildman–Crippen MR) is 199 cm³/mol. The molecule has 1 fully saturated rings. The smallest absolute Gasteiger partial charge is 0.269 e. The van der Waals surface area contributed by atoms with Crippen LogP contribution in [0.5, 0.6) is 5.75 Å². The van der Waals surface area contributed by atoms with E-state index in [1.54, 1.807) is 57.6 Å². The van der Waals surface area contributed by atoms with Gasteiger partial charge in [0.2, 0.25) is 5.91 Å². The molecule has 12 nitrogen and oxygen atoms in total. The van der Waals surface area contributed by atoms with Crippen molar-refractivity contribution in [3.8, 4) is 5.75 Å². The third kappa shape index (κ3) is 9.53. The van der Waals surface area contributed by atoms with E-state index in [1.807, 2.05) is 36.1 Å². The number of methoxy groups -OCH3 is 1. The molecule has 3 N–H and O–H groups in total. The molecule has 4 aromatic rings. The second kappa shape index (κ2) is 17.1. The van der Waals surface area contributed by atoms with Crippen molar-refractivity contribution >= 4 is 45.9 Å². The fraction of sp³-hybridized carbons (Fsp3) is 0.385. The van der Waals surface area contributed by atoms with Gasteiger partial charge in [0.25, 0.3) is 17.7 Å². The highest BCUT2D eigenvalue weighted by molar-refractivity contribution is 6.14. The maximum atomic E-state index is 13.5. The van der Waals surface area contributed by atoms with Crippen LogP contribution in [-0.2, 0) is 16.1 Å². The maximum Gasteiger partial charge on any atom is 0.269 e. The van der Waals surface area contributed by atoms with E-state index in [4.69, 9.17) is 9.47 Å². The van der Waals surface area contributed by atoms with Gasteiger partial charge < -0.3 is 39.8 Å². The lowest BCUT2D eigenvalue weighted by Crippen LogP contribution is -2.47. The molecule has 12 heteroatoms. The molecule has 0 saturated carbocycles. The molecule has 2 heterocycles. The van der Waals surface area contributed by atoms with Crippen molar-refractivity contribution in [2.75, 3.05) is 71.7 Å². The first kappa shape index (κ1) is 37.1. The highest BCUT2D eigenvalue weighted by atomic mass is 16.5. The molecule has 4 amide bonds. The SMILES string of the molecule is COCc1cc(C(=O)Nc2ccc(C)cc2OCCCCCC(=O)N2CCN(C)CC2)ccc1NC(=O)c1cccc2[nH]c(C(=O)N(C)C)cc12. The van der Waals surface area contributed by atoms with Crippen LogP contribution >= 0.6 is 0 Å². The van der Waals surface area contributed by atoms with Crippen LogP contribution in [0.2, 0.25) is 0 Å². The Labute approximate surface area is 299 Å². The van der Waals surface area contributed by atoms with Crippen molar-refractivity contribution in [3.63, 3.8) is 0 Å². The number of H-pyrrole nitrogens is 1. The predicted octanol–water partition coefficient (Wildman–Crippen LogP) is 5.54. The van der Waals surface area contributed by atoms with Gasteiger partial charge in [0.1, 0.15) is 11.4 Å². The van der Waals surface area contributed by atoms with Gasteiger partial charge in [-0.05, 0) is 87.3 Å². The van der Waals surface area contributed by atoms with Gasteiger partial charge in [-0.15, -0.1) is 0 Å². The van der Waals surface area contributed by atoms with Crippen LogP contribution in [0.15, 0.2) is 60.7 Å². The fourth-order valence-electron chi connectivity index (χ4n) is 6.03. The molecule has 3 aromatic carbocycles. The van der Waals surface area contributed by atoms with Crippen molar-refractivity contribution in [2.45, 2.75) is 39.2 Å². The summed E-state index contributed by atoms with van der Waals surface area (Å²) in [6, 6.07) is 17.6. The van der Waals surface area contributed by atoms with Gasteiger partial charge in [0.05, 0.1) is 18.9 Å². The number of aromatic amines is 1. The van der Waals surface area contributed by atoms with E-state index in [1.165, 1.54) is 4.90 Å². The molecule has 51 heavy (non-hydrogen) atoms. The first-order chi connectivity index (χ1) is 24.5. The van der Waals surface area contributed by atoms with E-state index < -0.39 is 0 Å². The first-order valence-corrected chi connectivity index (χ1v) is 17.3. The van der Waals surface area contributed by atoms with E-state index in [0.29, 0.717) is 63.4 Å². The lowest BCUT2D eigenvalue weighted by Gasteiger charge is -2.32. The third-order valence-corrected chi connectivity index (χ3v) is 8.99. The minimum absolute atomic E-state index is 0.159. The number of hydrogen-bond acceptors (Lipinski definition) is 7. The number of ether oxygens (including phenoxy) is 2. The van der Waals surface area contributed by atoms with Crippen LogP contribution in [-0.4, -0.2) is 104 Å². The van der Waals surface area contributed by atoms with Crippen LogP contribution < -0.4 is 15.4 Å². The van der Waals surface area contributed by atoms with Crippen molar-refractivity contribution in [2.24, 2.45) is 0 Å². The summed E-state index contributed by atoms with van der Waals surface area (Å²) in [6.07, 6.45) is 3.02. The minimum atomic E-state index is -0.360. The van der Waals surface area contributed by atoms with Gasteiger partial charge in [-0.25, -0.2) is 0 Å². The van der Waals surface area contributed by atoms with Gasteiger partial charge in [-0.1, -0.05) is 12.1 Å². The van der Waals surface area contributed by atoms with Crippen LogP contribution in [0.3, 0.4) is 0 Å². The number of amides is 4. The topological polar surface area (TPSA) is 136 Å². The number of rotatable bonds is 14. The molecular weight excluding hydrogens is 648 g/mol. The summed E-state index contributed by atoms with van der Waals surface area (Å²) in [6.45, 7) is 6.02. The number of hydrogen-bond donors (Lipinski definition) is 3. The number of likely N-dealkylation sites (N-methyl/N-ethyl adjacent to an activating group) is 1. The molecule has 0 bridgehead atoms. The van der Waals surface area contributed by atoms with E-state index >= 15 is 0 Å². The van der Waals surface area contributed by atoms with Gasteiger partial charge in [0, 0.05) is 87.1 Å². The summed E-state index contributed by atoms with van der Waals surface area (Å²) in [5, 5.41) is 6.55. The zero-order chi connectivity index (χ0) is 36.5. The van der Waals surface area contributed by atoms with E-state index in [-0.39, 0.29) is 30.2 Å². The molecule has 0 spiro atoms. The number of piperazine rings is 1. The number of carbonyl (C=O) groups excluding carboxylic acids is 4. The first-order valence-electron chi connectivity index (χ1n) is 17.3. The van der Waals surface area contributed by atoms with Gasteiger partial charge in [-0.2, -0.15) is 0 Å². The molecule has 1 aliphatic heterocycles. The van der Waals surface area contributed by atoms with Gasteiger partial charge in [-0.3, -0.25) is 19.2 Å². The summed E-state index contributed by atoms with van der Waals surface area (Å²) in [7, 11) is 6.96. The second-order valence-corrected chi connectivity index (χ2v) is 13.2. The average Bonchev–Trinajstić information content (AvgIpc) is 3.56. The zero-order valence-electron chi connectivity index (χ0n) is 30.1. The number of anilines is 2. The van der Waals surface area contributed by atoms with Crippen LogP contribution in [0.25, 0.3) is 10.9 Å². The Morgan fingerprint density at radius 3 is 2.35 bits per heavy atom. The van der Waals surface area contributed by atoms with Crippen molar-refractivity contribution in [1.82, 2.24) is 19.7 Å². The summed E-state index contributed by atoms with van der Waals surface area (Å²) in [5.41, 5.74) is 4.51. The molecule has 0 aliphatic carbocycles. The highest BCUT2D eigenvalue weighted by Gasteiger charge is 2.20. The van der Waals surface area contributed by atoms with Crippen LogP contribution in [0.1, 0.15) is 68.0 Å². The molecule has 270 valence electrons. The van der Waals surface area contributed by atoms with E-state index in [0.717, 1.165) is 51.0 Å². The van der Waals surface area contributed by atoms with Crippen molar-refractivity contribution in [3.05, 3.63) is 88.6 Å². The third-order valence-electron chi connectivity index (χ3n) is 8.99. The molecule has 1 aliphatic rings. The van der Waals surface area contributed by atoms with Crippen molar-refractivity contribution in [1.29, 1.82) is 0 Å². The number of fused-ring (bicyclic) bond motifs is 1. The van der Waals surface area contributed by atoms with E-state index in [9.17, 15) is 19.2 Å². The molecule has 0 atom stereocenters. The Hall–Kier alpha value is -5.20. The molecule has 0 radical (unpaired) electrons. The van der Waals surface area contributed by atoms with E-state index in [2.05, 4.69) is 27.6 Å². The minimum Gasteiger partial charge on any atom is -0.491 e. The molecule has 1 saturated heterocycles. The standard InChI is InChI=1S/C39H48N6O6/c1-26-13-15-33(35(22-26)51-21-8-6-7-12-36(46)45-19-17-44(4)18-20-45)42-37(47)27-14-16-31(28(23-27)25-50-5)41-38(48)29-10-9-11-32-30(29)24-34(40-32)39(49)43(2)3/h9-11,13-16,22-24,40H,6-8,12,17-21,25H2,1-5H3,(H,41,48)(H,42,47). The quantitative estimate of drug-likeness (QED) is 0.147. The van der Waals surface area contributed by atoms with Crippen LogP contribution in [0, 0.1) is 6.92 Å². The van der Waals surface area contributed by atoms with Gasteiger partial charge in [0.15, 0.2) is 0 Å². The Balaban J connectivity index is 1.20. The number of nitrogens with zero attached hydrogens (tertiary/aromatic N) is 3. The Bertz CT molecular complexity index is 1880. The molecule has 0 unspecified atom stereocenters. The Morgan fingerprint density at radius 2 is 1.61 bits per heavy atom. The molecule has 1 aromatic heterocycles. The maximum absolute atomic E-state index is 13.5. The number of nitrogens with one attached hydrogen (secondary N) is 3. The van der Waals surface area contributed by atoms with Crippen molar-refractivity contribution < 1.29 is 28.7 Å². The highest BCUT2D eigenvalue weighted by Crippen LogP contribution is 2.28. The Kier molecular flexibility index (Phi) is 12.5. The number of unbranched alkanes of at least 4 members (excludes halogenated alkanes) is 2. The van der Waals surface area contributed by atoms with Gasteiger partial charge >= 0.3 is 0 Å². The largest absolute Gasteiger partial charge is 0.491 e. The summed E-state index contributed by atoms with van der Waals surface area (Å²) in [4.78, 5) is 60.8. The second-order valence-electron chi connectivity index (χ2n) is 13.2. The lowest BCUT2D eigenvalue weighted by atomic mass is 10.1. The monoisotopic (exact) mass is 696 g/mol. The summed E-state index contributed by atoms with van der Waals surface area (Å²) in [5.74, 6) is -0.0941. The number of carbonyl (C=O) groups is 4. The van der Waals surface area contributed by atoms with Crippen LogP contribution in [0.4, 0.5) is 11.4 Å².